The molecule has 1 aromatic rings. The zero-order valence-electron chi connectivity index (χ0n) is 12.6. The van der Waals surface area contributed by atoms with E-state index in [4.69, 9.17) is 0 Å². The summed E-state index contributed by atoms with van der Waals surface area (Å²) in [6.07, 6.45) is 0. The quantitative estimate of drug-likeness (QED) is 0.558. The van der Waals surface area contributed by atoms with E-state index >= 15 is 0 Å². The van der Waals surface area contributed by atoms with Crippen molar-refractivity contribution in [2.45, 2.75) is 52.2 Å². The van der Waals surface area contributed by atoms with Gasteiger partial charge in [-0.1, -0.05) is 52.4 Å². The van der Waals surface area contributed by atoms with E-state index in [9.17, 15) is 0 Å². The van der Waals surface area contributed by atoms with Gasteiger partial charge in [-0.25, -0.2) is 0 Å². The van der Waals surface area contributed by atoms with Crippen LogP contribution in [0.3, 0.4) is 0 Å². The Bertz CT molecular complexity index is 333. The third kappa shape index (κ3) is 5.38. The molecule has 17 heavy (non-hydrogen) atoms. The molecule has 0 aliphatic heterocycles. The Morgan fingerprint density at radius 3 is 1.88 bits per heavy atom. The molecule has 1 rings (SSSR count). The summed E-state index contributed by atoms with van der Waals surface area (Å²) in [6, 6.07) is 12.9. The molecule has 0 atom stereocenters. The van der Waals surface area contributed by atoms with Crippen molar-refractivity contribution in [1.82, 2.24) is 0 Å². The summed E-state index contributed by atoms with van der Waals surface area (Å²) >= 11 is 0. The summed E-state index contributed by atoms with van der Waals surface area (Å²) in [7, 11) is -1.11. The van der Waals surface area contributed by atoms with Gasteiger partial charge in [-0.05, 0) is 5.41 Å². The van der Waals surface area contributed by atoms with Gasteiger partial charge in [-0.3, -0.25) is 0 Å². The predicted octanol–water partition coefficient (Wildman–Crippen LogP) is 1.81. The van der Waals surface area contributed by atoms with E-state index in [0.29, 0.717) is 0 Å². The number of hydrogen-bond donors (Lipinski definition) is 0. The average molecular weight is 240 g/mol. The summed E-state index contributed by atoms with van der Waals surface area (Å²) in [5, 5.41) is 0. The van der Waals surface area contributed by atoms with Crippen molar-refractivity contribution in [2.24, 2.45) is 0 Å². The van der Waals surface area contributed by atoms with E-state index in [1.807, 2.05) is 0 Å². The second kappa shape index (κ2) is 6.18. The van der Waals surface area contributed by atoms with Crippen LogP contribution in [0.25, 0.3) is 0 Å². The van der Waals surface area contributed by atoms with Gasteiger partial charge in [-0.15, -0.1) is 12.1 Å². The van der Waals surface area contributed by atoms with Crippen LogP contribution in [0, 0.1) is 6.04 Å². The molecular formula is C15H25LiSi. The van der Waals surface area contributed by atoms with Crippen molar-refractivity contribution in [3.8, 4) is 0 Å². The molecule has 1 aromatic carbocycles. The first-order chi connectivity index (χ1) is 7.24. The molecule has 0 spiro atoms. The first-order valence-corrected chi connectivity index (χ1v) is 9.49. The van der Waals surface area contributed by atoms with Crippen molar-refractivity contribution in [2.75, 3.05) is 0 Å². The molecule has 2 heteroatoms. The van der Waals surface area contributed by atoms with Gasteiger partial charge in [-0.2, -0.15) is 23.7 Å². The molecule has 0 nitrogen and oxygen atoms in total. The van der Waals surface area contributed by atoms with E-state index < -0.39 is 8.07 Å². The Hall–Kier alpha value is -0.0957. The average Bonchev–Trinajstić information content (AvgIpc) is 2.16. The molecule has 0 bridgehead atoms. The summed E-state index contributed by atoms with van der Waals surface area (Å²) in [5.41, 5.74) is 3.07. The first kappa shape index (κ1) is 16.9. The zero-order valence-corrected chi connectivity index (χ0v) is 13.6. The standard InChI is InChI=1S/C15H25Si.Li/c1-7-16(5,6)12-13-8-10-14(11-9-13)15(2,3)4;/h8-12H,7H2,1-6H3;/q-1;+1. The predicted molar refractivity (Wildman–Crippen MR) is 76.5 cm³/mol. The van der Waals surface area contributed by atoms with Crippen LogP contribution in [0.4, 0.5) is 0 Å². The van der Waals surface area contributed by atoms with Crippen LogP contribution >= 0.6 is 0 Å². The summed E-state index contributed by atoms with van der Waals surface area (Å²) < 4.78 is 0. The maximum atomic E-state index is 2.50. The van der Waals surface area contributed by atoms with Crippen molar-refractivity contribution >= 4 is 8.07 Å². The first-order valence-electron chi connectivity index (χ1n) is 6.21. The SMILES string of the molecule is CC[Si](C)(C)[CH-]c1ccc(C(C)(C)C)cc1.[Li+]. The normalized spacial score (nSPS) is 11.9. The van der Waals surface area contributed by atoms with Crippen LogP contribution in [0.1, 0.15) is 38.8 Å². The molecule has 0 fully saturated rings. The molecule has 0 aliphatic carbocycles. The largest absolute Gasteiger partial charge is 1.00 e. The molecule has 90 valence electrons. The fourth-order valence-corrected chi connectivity index (χ4v) is 2.93. The van der Waals surface area contributed by atoms with Crippen molar-refractivity contribution in [3.05, 3.63) is 41.4 Å². The molecule has 0 radical (unpaired) electrons. The van der Waals surface area contributed by atoms with E-state index in [2.05, 4.69) is 71.1 Å². The van der Waals surface area contributed by atoms with Crippen LogP contribution in [0.15, 0.2) is 24.3 Å². The second-order valence-corrected chi connectivity index (χ2v) is 11.3. The van der Waals surface area contributed by atoms with Gasteiger partial charge in [0.15, 0.2) is 0 Å². The Morgan fingerprint density at radius 1 is 1.06 bits per heavy atom. The van der Waals surface area contributed by atoms with Gasteiger partial charge < -0.3 is 0 Å². The van der Waals surface area contributed by atoms with Crippen molar-refractivity contribution < 1.29 is 18.9 Å². The Kier molecular flexibility index (Phi) is 6.15. The van der Waals surface area contributed by atoms with Gasteiger partial charge >= 0.3 is 18.9 Å². The van der Waals surface area contributed by atoms with Crippen LogP contribution < -0.4 is 18.9 Å². The van der Waals surface area contributed by atoms with Gasteiger partial charge in [0.05, 0.1) is 0 Å². The Balaban J connectivity index is 0.00000256. The van der Waals surface area contributed by atoms with Crippen molar-refractivity contribution in [1.29, 1.82) is 0 Å². The fourth-order valence-electron chi connectivity index (χ4n) is 1.63. The third-order valence-electron chi connectivity index (χ3n) is 3.25. The Labute approximate surface area is 120 Å². The van der Waals surface area contributed by atoms with Crippen molar-refractivity contribution in [3.63, 3.8) is 0 Å². The molecule has 0 saturated heterocycles. The van der Waals surface area contributed by atoms with E-state index in [0.717, 1.165) is 0 Å². The topological polar surface area (TPSA) is 0 Å². The van der Waals surface area contributed by atoms with Crippen LogP contribution in [-0.2, 0) is 5.41 Å². The molecule has 0 aliphatic rings. The summed E-state index contributed by atoms with van der Waals surface area (Å²) in [5.74, 6) is 0. The zero-order chi connectivity index (χ0) is 12.4. The molecule has 0 unspecified atom stereocenters. The summed E-state index contributed by atoms with van der Waals surface area (Å²) in [4.78, 5) is 0. The van der Waals surface area contributed by atoms with Crippen LogP contribution in [0.2, 0.25) is 19.1 Å². The molecular weight excluding hydrogens is 215 g/mol. The number of benzene rings is 1. The van der Waals surface area contributed by atoms with Crippen LogP contribution in [-0.4, -0.2) is 8.07 Å². The van der Waals surface area contributed by atoms with E-state index in [1.165, 1.54) is 17.2 Å². The molecule has 0 N–H and O–H groups in total. The van der Waals surface area contributed by atoms with E-state index in [-0.39, 0.29) is 24.3 Å². The molecule has 0 amide bonds. The number of hydrogen-bond acceptors (Lipinski definition) is 0. The van der Waals surface area contributed by atoms with Gasteiger partial charge in [0, 0.05) is 8.07 Å². The molecule has 0 heterocycles. The minimum atomic E-state index is -1.11. The minimum absolute atomic E-state index is 0. The van der Waals surface area contributed by atoms with Gasteiger partial charge in [0.1, 0.15) is 0 Å². The molecule has 0 saturated carbocycles. The Morgan fingerprint density at radius 2 is 1.53 bits per heavy atom. The fraction of sp³-hybridized carbons (Fsp3) is 0.533. The van der Waals surface area contributed by atoms with Gasteiger partial charge in [0.2, 0.25) is 0 Å². The number of rotatable bonds is 3. The minimum Gasteiger partial charge on any atom is -0.194 e. The second-order valence-electron chi connectivity index (χ2n) is 6.36. The molecule has 0 aromatic heterocycles. The van der Waals surface area contributed by atoms with E-state index in [1.54, 1.807) is 0 Å². The van der Waals surface area contributed by atoms with Crippen LogP contribution in [0.5, 0.6) is 0 Å². The maximum Gasteiger partial charge on any atom is 1.00 e. The third-order valence-corrected chi connectivity index (χ3v) is 6.18. The maximum absolute atomic E-state index is 2.50. The smallest absolute Gasteiger partial charge is 0.194 e. The summed E-state index contributed by atoms with van der Waals surface area (Å²) in [6.45, 7) is 13.9. The monoisotopic (exact) mass is 240 g/mol. The van der Waals surface area contributed by atoms with Gasteiger partial charge in [0.25, 0.3) is 0 Å².